The largest absolute Gasteiger partial charge is 0.396 e. The van der Waals surface area contributed by atoms with Crippen LogP contribution in [0.5, 0.6) is 0 Å². The van der Waals surface area contributed by atoms with Gasteiger partial charge in [0.1, 0.15) is 0 Å². The van der Waals surface area contributed by atoms with Crippen LogP contribution in [-0.2, 0) is 0 Å². The molecule has 0 spiro atoms. The standard InChI is InChI=1S/C7H18NO2P/c1-5(4-9)3-7(10)6(2)8-11/h5-10H,3-4,11H2,1-2H3. The van der Waals surface area contributed by atoms with Crippen LogP contribution in [0.3, 0.4) is 0 Å². The van der Waals surface area contributed by atoms with Crippen molar-refractivity contribution >= 4 is 9.39 Å². The van der Waals surface area contributed by atoms with Crippen molar-refractivity contribution in [2.24, 2.45) is 5.92 Å². The zero-order valence-corrected chi connectivity index (χ0v) is 8.27. The summed E-state index contributed by atoms with van der Waals surface area (Å²) < 4.78 is 0. The number of hydrogen-bond acceptors (Lipinski definition) is 3. The van der Waals surface area contributed by atoms with Crippen molar-refractivity contribution in [1.82, 2.24) is 5.09 Å². The van der Waals surface area contributed by atoms with Gasteiger partial charge >= 0.3 is 0 Å². The van der Waals surface area contributed by atoms with Crippen LogP contribution in [0, 0.1) is 5.92 Å². The maximum atomic E-state index is 9.43. The summed E-state index contributed by atoms with van der Waals surface area (Å²) >= 11 is 0. The molecule has 0 aliphatic rings. The molecule has 0 aromatic heterocycles. The molecular formula is C7H18NO2P. The fourth-order valence-electron chi connectivity index (χ4n) is 0.802. The maximum absolute atomic E-state index is 9.43. The van der Waals surface area contributed by atoms with E-state index in [0.717, 1.165) is 0 Å². The second-order valence-corrected chi connectivity index (χ2v) is 3.38. The second-order valence-electron chi connectivity index (χ2n) is 3.05. The highest BCUT2D eigenvalue weighted by atomic mass is 31.0. The predicted molar refractivity (Wildman–Crippen MR) is 49.2 cm³/mol. The average Bonchev–Trinajstić information content (AvgIpc) is 2.02. The molecule has 0 amide bonds. The van der Waals surface area contributed by atoms with Gasteiger partial charge in [0.05, 0.1) is 6.10 Å². The molecule has 0 bridgehead atoms. The van der Waals surface area contributed by atoms with Crippen LogP contribution in [0.15, 0.2) is 0 Å². The van der Waals surface area contributed by atoms with E-state index in [4.69, 9.17) is 5.11 Å². The van der Waals surface area contributed by atoms with Crippen LogP contribution in [0.25, 0.3) is 0 Å². The normalized spacial score (nSPS) is 19.4. The molecule has 0 saturated heterocycles. The summed E-state index contributed by atoms with van der Waals surface area (Å²) in [4.78, 5) is 0. The molecule has 0 radical (unpaired) electrons. The smallest absolute Gasteiger partial charge is 0.0696 e. The minimum atomic E-state index is -0.380. The van der Waals surface area contributed by atoms with E-state index in [2.05, 4.69) is 14.5 Å². The van der Waals surface area contributed by atoms with E-state index in [-0.39, 0.29) is 24.7 Å². The Morgan fingerprint density at radius 3 is 2.36 bits per heavy atom. The Balaban J connectivity index is 3.58. The third-order valence-electron chi connectivity index (χ3n) is 1.80. The molecule has 0 aromatic carbocycles. The fourth-order valence-corrected chi connectivity index (χ4v) is 1.02. The Bertz CT molecular complexity index is 102. The Morgan fingerprint density at radius 2 is 2.00 bits per heavy atom. The lowest BCUT2D eigenvalue weighted by Crippen LogP contribution is -2.33. The average molecular weight is 179 g/mol. The topological polar surface area (TPSA) is 52.5 Å². The molecule has 0 heterocycles. The van der Waals surface area contributed by atoms with Crippen molar-refractivity contribution in [2.75, 3.05) is 6.61 Å². The third kappa shape index (κ3) is 4.70. The van der Waals surface area contributed by atoms with Crippen LogP contribution < -0.4 is 5.09 Å². The quantitative estimate of drug-likeness (QED) is 0.526. The first-order valence-corrected chi connectivity index (χ1v) is 4.44. The van der Waals surface area contributed by atoms with E-state index >= 15 is 0 Å². The van der Waals surface area contributed by atoms with E-state index in [1.165, 1.54) is 0 Å². The molecule has 0 aliphatic heterocycles. The van der Waals surface area contributed by atoms with Gasteiger partial charge in [-0.05, 0) is 19.3 Å². The summed E-state index contributed by atoms with van der Waals surface area (Å²) in [6.45, 7) is 3.96. The highest BCUT2D eigenvalue weighted by molar-refractivity contribution is 7.13. The molecule has 4 atom stereocenters. The Labute approximate surface area is 70.5 Å². The van der Waals surface area contributed by atoms with Crippen molar-refractivity contribution in [3.63, 3.8) is 0 Å². The van der Waals surface area contributed by atoms with Crippen LogP contribution in [0.4, 0.5) is 0 Å². The lowest BCUT2D eigenvalue weighted by atomic mass is 10.0. The van der Waals surface area contributed by atoms with Crippen molar-refractivity contribution in [1.29, 1.82) is 0 Å². The molecule has 0 fully saturated rings. The summed E-state index contributed by atoms with van der Waals surface area (Å²) in [5.41, 5.74) is 0. The first-order chi connectivity index (χ1) is 5.11. The Morgan fingerprint density at radius 1 is 1.45 bits per heavy atom. The maximum Gasteiger partial charge on any atom is 0.0696 e. The van der Waals surface area contributed by atoms with Gasteiger partial charge in [-0.2, -0.15) is 0 Å². The van der Waals surface area contributed by atoms with Gasteiger partial charge in [-0.25, -0.2) is 0 Å². The van der Waals surface area contributed by atoms with E-state index in [1.54, 1.807) is 0 Å². The van der Waals surface area contributed by atoms with Gasteiger partial charge in [0.15, 0.2) is 0 Å². The Hall–Kier alpha value is 0.310. The zero-order chi connectivity index (χ0) is 8.85. The first kappa shape index (κ1) is 11.3. The lowest BCUT2D eigenvalue weighted by Gasteiger charge is -2.20. The summed E-state index contributed by atoms with van der Waals surface area (Å²) in [6.07, 6.45) is 0.258. The van der Waals surface area contributed by atoms with Crippen LogP contribution in [0.2, 0.25) is 0 Å². The van der Waals surface area contributed by atoms with Crippen molar-refractivity contribution < 1.29 is 10.2 Å². The van der Waals surface area contributed by atoms with E-state index in [1.807, 2.05) is 13.8 Å². The molecule has 0 aliphatic carbocycles. The highest BCUT2D eigenvalue weighted by Gasteiger charge is 2.14. The molecule has 11 heavy (non-hydrogen) atoms. The minimum Gasteiger partial charge on any atom is -0.396 e. The predicted octanol–water partition coefficient (Wildman–Crippen LogP) is 0.134. The van der Waals surface area contributed by atoms with E-state index < -0.39 is 0 Å². The van der Waals surface area contributed by atoms with Gasteiger partial charge in [-0.15, -0.1) is 0 Å². The third-order valence-corrected chi connectivity index (χ3v) is 2.32. The number of aliphatic hydroxyl groups excluding tert-OH is 2. The second kappa shape index (κ2) is 5.90. The SMILES string of the molecule is CC(CO)CC(O)C(C)NP. The summed E-state index contributed by atoms with van der Waals surface area (Å²) in [5.74, 6) is 0.172. The van der Waals surface area contributed by atoms with E-state index in [9.17, 15) is 5.11 Å². The summed E-state index contributed by atoms with van der Waals surface area (Å²) in [7, 11) is 2.37. The lowest BCUT2D eigenvalue weighted by molar-refractivity contribution is 0.101. The van der Waals surface area contributed by atoms with Crippen molar-refractivity contribution in [3.8, 4) is 0 Å². The molecule has 0 rings (SSSR count). The molecule has 0 aromatic rings. The number of nitrogens with one attached hydrogen (secondary N) is 1. The number of aliphatic hydroxyl groups is 2. The fraction of sp³-hybridized carbons (Fsp3) is 1.00. The Kier molecular flexibility index (Phi) is 6.06. The molecule has 68 valence electrons. The molecule has 3 N–H and O–H groups in total. The van der Waals surface area contributed by atoms with Gasteiger partial charge in [-0.1, -0.05) is 16.3 Å². The van der Waals surface area contributed by atoms with Crippen LogP contribution >= 0.6 is 9.39 Å². The molecule has 3 nitrogen and oxygen atoms in total. The number of rotatable bonds is 5. The van der Waals surface area contributed by atoms with Gasteiger partial charge in [-0.3, -0.25) is 5.09 Å². The van der Waals surface area contributed by atoms with E-state index in [0.29, 0.717) is 6.42 Å². The monoisotopic (exact) mass is 179 g/mol. The van der Waals surface area contributed by atoms with Gasteiger partial charge in [0, 0.05) is 12.6 Å². The zero-order valence-electron chi connectivity index (χ0n) is 7.12. The van der Waals surface area contributed by atoms with Gasteiger partial charge < -0.3 is 10.2 Å². The van der Waals surface area contributed by atoms with Crippen LogP contribution in [-0.4, -0.2) is 29.0 Å². The summed E-state index contributed by atoms with van der Waals surface area (Å²) in [5, 5.41) is 21.0. The van der Waals surface area contributed by atoms with Crippen molar-refractivity contribution in [3.05, 3.63) is 0 Å². The molecule has 4 unspecified atom stereocenters. The first-order valence-electron chi connectivity index (χ1n) is 3.86. The molecular weight excluding hydrogens is 161 g/mol. The van der Waals surface area contributed by atoms with Gasteiger partial charge in [0.2, 0.25) is 0 Å². The van der Waals surface area contributed by atoms with Crippen molar-refractivity contribution in [2.45, 2.75) is 32.4 Å². The van der Waals surface area contributed by atoms with Gasteiger partial charge in [0.25, 0.3) is 0 Å². The minimum absolute atomic E-state index is 0.0639. The highest BCUT2D eigenvalue weighted by Crippen LogP contribution is 2.08. The summed E-state index contributed by atoms with van der Waals surface area (Å²) in [6, 6.07) is 0.0639. The molecule has 4 heteroatoms. The number of hydrogen-bond donors (Lipinski definition) is 3. The van der Waals surface area contributed by atoms with Crippen LogP contribution in [0.1, 0.15) is 20.3 Å². The molecule has 0 saturated carbocycles.